The van der Waals surface area contributed by atoms with Gasteiger partial charge in [0.05, 0.1) is 19.8 Å². The average molecular weight is 400 g/mol. The predicted molar refractivity (Wildman–Crippen MR) is 108 cm³/mol. The van der Waals surface area contributed by atoms with Crippen LogP contribution in [0.3, 0.4) is 0 Å². The fourth-order valence-corrected chi connectivity index (χ4v) is 3.38. The van der Waals surface area contributed by atoms with Gasteiger partial charge in [-0.15, -0.1) is 0 Å². The number of halogens is 1. The third-order valence-electron chi connectivity index (χ3n) is 4.68. The fourth-order valence-electron chi connectivity index (χ4n) is 3.38. The first-order valence-corrected chi connectivity index (χ1v) is 9.53. The van der Waals surface area contributed by atoms with Crippen LogP contribution in [0.4, 0.5) is 10.1 Å². The summed E-state index contributed by atoms with van der Waals surface area (Å²) in [5.41, 5.74) is 1.33. The second-order valence-corrected chi connectivity index (χ2v) is 7.31. The molecule has 1 atom stereocenters. The monoisotopic (exact) mass is 400 g/mol. The number of likely N-dealkylation sites (tertiary alicyclic amines) is 1. The number of rotatable bonds is 7. The molecule has 6 nitrogen and oxygen atoms in total. The third-order valence-corrected chi connectivity index (χ3v) is 4.68. The summed E-state index contributed by atoms with van der Waals surface area (Å²) in [5.74, 6) is 0.353. The summed E-state index contributed by atoms with van der Waals surface area (Å²) in [4.78, 5) is 26.2. The lowest BCUT2D eigenvalue weighted by Gasteiger charge is -2.18. The molecule has 1 aliphatic rings. The Labute approximate surface area is 169 Å². The van der Waals surface area contributed by atoms with E-state index in [2.05, 4.69) is 5.32 Å². The molecule has 29 heavy (non-hydrogen) atoms. The van der Waals surface area contributed by atoms with Crippen LogP contribution < -0.4 is 14.8 Å². The number of nitrogens with one attached hydrogen (secondary N) is 1. The molecule has 1 N–H and O–H groups in total. The topological polar surface area (TPSA) is 67.9 Å². The zero-order chi connectivity index (χ0) is 21.0. The Morgan fingerprint density at radius 2 is 2.03 bits per heavy atom. The van der Waals surface area contributed by atoms with Crippen LogP contribution >= 0.6 is 0 Å². The highest BCUT2D eigenvalue weighted by Crippen LogP contribution is 2.35. The molecule has 1 aliphatic heterocycles. The molecule has 154 valence electrons. The van der Waals surface area contributed by atoms with Crippen LogP contribution in [-0.4, -0.2) is 43.0 Å². The summed E-state index contributed by atoms with van der Waals surface area (Å²) in [6.45, 7) is 4.23. The SMILES string of the molecule is COc1ccc([C@@H]2CC(=O)N(CC(=O)Nc3cccc(F)c3)C2)cc1OC(C)C. The van der Waals surface area contributed by atoms with E-state index in [0.29, 0.717) is 30.2 Å². The van der Waals surface area contributed by atoms with Crippen LogP contribution in [0.2, 0.25) is 0 Å². The largest absolute Gasteiger partial charge is 0.493 e. The van der Waals surface area contributed by atoms with Crippen molar-refractivity contribution in [3.8, 4) is 11.5 Å². The summed E-state index contributed by atoms with van der Waals surface area (Å²) in [7, 11) is 1.58. The summed E-state index contributed by atoms with van der Waals surface area (Å²) >= 11 is 0. The number of ether oxygens (including phenoxy) is 2. The van der Waals surface area contributed by atoms with Gasteiger partial charge in [-0.2, -0.15) is 0 Å². The van der Waals surface area contributed by atoms with Crippen molar-refractivity contribution in [2.24, 2.45) is 0 Å². The van der Waals surface area contributed by atoms with Gasteiger partial charge in [-0.1, -0.05) is 12.1 Å². The standard InChI is InChI=1S/C22H25FN2O4/c1-14(2)29-20-9-15(7-8-19(20)28-3)16-10-22(27)25(12-16)13-21(26)24-18-6-4-5-17(23)11-18/h4-9,11,14,16H,10,12-13H2,1-3H3,(H,24,26)/t16-/m1/s1. The molecular formula is C22H25FN2O4. The molecule has 2 aromatic rings. The van der Waals surface area contributed by atoms with Crippen LogP contribution in [0, 0.1) is 5.82 Å². The molecule has 0 spiro atoms. The molecule has 7 heteroatoms. The van der Waals surface area contributed by atoms with Crippen molar-refractivity contribution in [1.82, 2.24) is 4.90 Å². The van der Waals surface area contributed by atoms with Crippen molar-refractivity contribution in [3.05, 3.63) is 53.8 Å². The minimum Gasteiger partial charge on any atom is -0.493 e. The van der Waals surface area contributed by atoms with Gasteiger partial charge in [0.2, 0.25) is 11.8 Å². The molecule has 0 aromatic heterocycles. The first kappa shape index (κ1) is 20.6. The number of methoxy groups -OCH3 is 1. The van der Waals surface area contributed by atoms with Crippen LogP contribution in [0.5, 0.6) is 11.5 Å². The van der Waals surface area contributed by atoms with Gasteiger partial charge in [0.1, 0.15) is 5.82 Å². The zero-order valence-electron chi connectivity index (χ0n) is 16.8. The van der Waals surface area contributed by atoms with E-state index in [1.54, 1.807) is 13.2 Å². The Morgan fingerprint density at radius 1 is 1.24 bits per heavy atom. The van der Waals surface area contributed by atoms with Crippen LogP contribution in [0.25, 0.3) is 0 Å². The van der Waals surface area contributed by atoms with Crippen molar-refractivity contribution >= 4 is 17.5 Å². The second kappa shape index (κ2) is 8.94. The molecule has 2 amide bonds. The van der Waals surface area contributed by atoms with Crippen molar-refractivity contribution in [2.75, 3.05) is 25.5 Å². The molecule has 1 fully saturated rings. The normalized spacial score (nSPS) is 16.2. The predicted octanol–water partition coefficient (Wildman–Crippen LogP) is 3.58. The number of hydrogen-bond donors (Lipinski definition) is 1. The quantitative estimate of drug-likeness (QED) is 0.772. The maximum absolute atomic E-state index is 13.3. The van der Waals surface area contributed by atoms with Gasteiger partial charge in [-0.3, -0.25) is 9.59 Å². The Hall–Kier alpha value is -3.09. The highest BCUT2D eigenvalue weighted by molar-refractivity contribution is 5.95. The summed E-state index contributed by atoms with van der Waals surface area (Å²) in [6, 6.07) is 11.3. The number of amides is 2. The minimum absolute atomic E-state index is 0.00706. The highest BCUT2D eigenvalue weighted by atomic mass is 19.1. The molecule has 0 bridgehead atoms. The maximum atomic E-state index is 13.3. The van der Waals surface area contributed by atoms with Crippen molar-refractivity contribution in [2.45, 2.75) is 32.3 Å². The fraction of sp³-hybridized carbons (Fsp3) is 0.364. The number of carbonyl (C=O) groups excluding carboxylic acids is 2. The molecule has 0 saturated carbocycles. The summed E-state index contributed by atoms with van der Waals surface area (Å²) < 4.78 is 24.4. The molecule has 1 heterocycles. The van der Waals surface area contributed by atoms with Crippen LogP contribution in [-0.2, 0) is 9.59 Å². The van der Waals surface area contributed by atoms with E-state index in [0.717, 1.165) is 5.56 Å². The Bertz CT molecular complexity index is 900. The van der Waals surface area contributed by atoms with Gasteiger partial charge >= 0.3 is 0 Å². The smallest absolute Gasteiger partial charge is 0.243 e. The lowest BCUT2D eigenvalue weighted by atomic mass is 9.98. The van der Waals surface area contributed by atoms with Gasteiger partial charge in [0.25, 0.3) is 0 Å². The lowest BCUT2D eigenvalue weighted by Crippen LogP contribution is -2.34. The van der Waals surface area contributed by atoms with Crippen molar-refractivity contribution in [1.29, 1.82) is 0 Å². The Morgan fingerprint density at radius 3 is 2.72 bits per heavy atom. The van der Waals surface area contributed by atoms with E-state index in [9.17, 15) is 14.0 Å². The van der Waals surface area contributed by atoms with Gasteiger partial charge in [0.15, 0.2) is 11.5 Å². The number of hydrogen-bond acceptors (Lipinski definition) is 4. The Balaban J connectivity index is 1.66. The number of benzene rings is 2. The molecule has 0 radical (unpaired) electrons. The number of carbonyl (C=O) groups is 2. The van der Waals surface area contributed by atoms with Gasteiger partial charge in [-0.05, 0) is 49.7 Å². The first-order chi connectivity index (χ1) is 13.9. The third kappa shape index (κ3) is 5.25. The second-order valence-electron chi connectivity index (χ2n) is 7.31. The van der Waals surface area contributed by atoms with E-state index in [4.69, 9.17) is 9.47 Å². The van der Waals surface area contributed by atoms with Crippen molar-refractivity contribution < 1.29 is 23.5 Å². The van der Waals surface area contributed by atoms with E-state index >= 15 is 0 Å². The molecule has 1 saturated heterocycles. The van der Waals surface area contributed by atoms with Crippen LogP contribution in [0.1, 0.15) is 31.7 Å². The first-order valence-electron chi connectivity index (χ1n) is 9.53. The molecule has 0 aliphatic carbocycles. The van der Waals surface area contributed by atoms with E-state index in [1.165, 1.54) is 23.1 Å². The van der Waals surface area contributed by atoms with Crippen LogP contribution in [0.15, 0.2) is 42.5 Å². The molecular weight excluding hydrogens is 375 g/mol. The van der Waals surface area contributed by atoms with E-state index in [1.807, 2.05) is 32.0 Å². The van der Waals surface area contributed by atoms with E-state index in [-0.39, 0.29) is 30.4 Å². The zero-order valence-corrected chi connectivity index (χ0v) is 16.8. The maximum Gasteiger partial charge on any atom is 0.243 e. The molecule has 0 unspecified atom stereocenters. The number of anilines is 1. The minimum atomic E-state index is -0.431. The van der Waals surface area contributed by atoms with Crippen molar-refractivity contribution in [3.63, 3.8) is 0 Å². The Kier molecular flexibility index (Phi) is 6.36. The summed E-state index contributed by atoms with van der Waals surface area (Å²) in [6.07, 6.45) is 0.313. The molecule has 3 rings (SSSR count). The lowest BCUT2D eigenvalue weighted by molar-refractivity contribution is -0.131. The van der Waals surface area contributed by atoms with E-state index < -0.39 is 5.82 Å². The number of nitrogens with zero attached hydrogens (tertiary/aromatic N) is 1. The van der Waals surface area contributed by atoms with Gasteiger partial charge < -0.3 is 19.7 Å². The van der Waals surface area contributed by atoms with Gasteiger partial charge in [-0.25, -0.2) is 4.39 Å². The molecule has 2 aromatic carbocycles. The highest BCUT2D eigenvalue weighted by Gasteiger charge is 2.32. The summed E-state index contributed by atoms with van der Waals surface area (Å²) in [5, 5.41) is 2.62. The average Bonchev–Trinajstić information content (AvgIpc) is 3.01. The van der Waals surface area contributed by atoms with Gasteiger partial charge in [0, 0.05) is 24.6 Å².